The maximum atomic E-state index is 12.0. The summed E-state index contributed by atoms with van der Waals surface area (Å²) in [7, 11) is 0. The molecule has 2 rings (SSSR count). The number of aliphatic hydroxyl groups is 1. The molecule has 0 bridgehead atoms. The molecule has 1 heterocycles. The van der Waals surface area contributed by atoms with Gasteiger partial charge in [-0.1, -0.05) is 20.8 Å². The second kappa shape index (κ2) is 5.29. The van der Waals surface area contributed by atoms with Crippen LogP contribution in [0.1, 0.15) is 56.1 Å². The SMILES string of the molecule is CC(C)(C)c1ccc(C(=O)NC2CCC(O)C2)cn1. The molecule has 0 aromatic carbocycles. The molecule has 1 amide bonds. The summed E-state index contributed by atoms with van der Waals surface area (Å²) in [6, 6.07) is 3.80. The first-order chi connectivity index (χ1) is 8.86. The average Bonchev–Trinajstić information content (AvgIpc) is 2.74. The first-order valence-electron chi connectivity index (χ1n) is 6.82. The Kier molecular flexibility index (Phi) is 3.90. The molecule has 1 saturated carbocycles. The molecular formula is C15H22N2O2. The second-order valence-corrected chi connectivity index (χ2v) is 6.32. The molecule has 2 N–H and O–H groups in total. The summed E-state index contributed by atoms with van der Waals surface area (Å²) in [5.41, 5.74) is 1.54. The van der Waals surface area contributed by atoms with Crippen LogP contribution in [0.5, 0.6) is 0 Å². The number of nitrogens with one attached hydrogen (secondary N) is 1. The van der Waals surface area contributed by atoms with Crippen LogP contribution in [0.2, 0.25) is 0 Å². The number of pyridine rings is 1. The summed E-state index contributed by atoms with van der Waals surface area (Å²) in [4.78, 5) is 16.4. The van der Waals surface area contributed by atoms with Gasteiger partial charge in [0.05, 0.1) is 11.7 Å². The molecule has 0 spiro atoms. The molecule has 0 radical (unpaired) electrons. The van der Waals surface area contributed by atoms with Gasteiger partial charge in [-0.3, -0.25) is 9.78 Å². The minimum Gasteiger partial charge on any atom is -0.393 e. The van der Waals surface area contributed by atoms with Gasteiger partial charge in [0.2, 0.25) is 0 Å². The highest BCUT2D eigenvalue weighted by atomic mass is 16.3. The van der Waals surface area contributed by atoms with Gasteiger partial charge in [-0.25, -0.2) is 0 Å². The predicted octanol–water partition coefficient (Wildman–Crippen LogP) is 2.02. The van der Waals surface area contributed by atoms with Crippen molar-refractivity contribution in [3.63, 3.8) is 0 Å². The fourth-order valence-electron chi connectivity index (χ4n) is 2.33. The summed E-state index contributed by atoms with van der Waals surface area (Å²) in [5, 5.41) is 12.4. The molecule has 4 heteroatoms. The fraction of sp³-hybridized carbons (Fsp3) is 0.600. The molecule has 1 aliphatic carbocycles. The molecule has 104 valence electrons. The van der Waals surface area contributed by atoms with E-state index in [1.54, 1.807) is 6.20 Å². The van der Waals surface area contributed by atoms with Crippen LogP contribution in [0.4, 0.5) is 0 Å². The smallest absolute Gasteiger partial charge is 0.253 e. The Morgan fingerprint density at radius 3 is 2.58 bits per heavy atom. The first-order valence-corrected chi connectivity index (χ1v) is 6.82. The van der Waals surface area contributed by atoms with Crippen LogP contribution < -0.4 is 5.32 Å². The van der Waals surface area contributed by atoms with Gasteiger partial charge in [-0.05, 0) is 31.4 Å². The van der Waals surface area contributed by atoms with E-state index in [0.717, 1.165) is 18.5 Å². The Morgan fingerprint density at radius 2 is 2.11 bits per heavy atom. The molecule has 0 saturated heterocycles. The first kappa shape index (κ1) is 14.0. The maximum absolute atomic E-state index is 12.0. The Balaban J connectivity index is 2.00. The molecule has 0 aliphatic heterocycles. The minimum atomic E-state index is -0.272. The van der Waals surface area contributed by atoms with Gasteiger partial charge in [0.15, 0.2) is 0 Å². The number of carbonyl (C=O) groups excluding carboxylic acids is 1. The maximum Gasteiger partial charge on any atom is 0.253 e. The number of aromatic nitrogens is 1. The summed E-state index contributed by atoms with van der Waals surface area (Å²) < 4.78 is 0. The zero-order valence-electron chi connectivity index (χ0n) is 11.8. The summed E-state index contributed by atoms with van der Waals surface area (Å²) >= 11 is 0. The van der Waals surface area contributed by atoms with Crippen molar-refractivity contribution in [2.75, 3.05) is 0 Å². The van der Waals surface area contributed by atoms with Gasteiger partial charge < -0.3 is 10.4 Å². The van der Waals surface area contributed by atoms with Crippen LogP contribution in [-0.4, -0.2) is 28.1 Å². The largest absolute Gasteiger partial charge is 0.393 e. The van der Waals surface area contributed by atoms with Gasteiger partial charge in [-0.2, -0.15) is 0 Å². The zero-order chi connectivity index (χ0) is 14.0. The van der Waals surface area contributed by atoms with Crippen molar-refractivity contribution in [3.05, 3.63) is 29.6 Å². The highest BCUT2D eigenvalue weighted by Gasteiger charge is 2.24. The normalized spacial score (nSPS) is 23.4. The number of hydrogen-bond donors (Lipinski definition) is 2. The lowest BCUT2D eigenvalue weighted by molar-refractivity contribution is 0.0933. The van der Waals surface area contributed by atoms with E-state index in [4.69, 9.17) is 0 Å². The standard InChI is InChI=1S/C15H22N2O2/c1-15(2,3)13-7-4-10(9-16-13)14(19)17-11-5-6-12(18)8-11/h4,7,9,11-12,18H,5-6,8H2,1-3H3,(H,17,19). The number of rotatable bonds is 2. The Morgan fingerprint density at radius 1 is 1.37 bits per heavy atom. The van der Waals surface area contributed by atoms with Crippen LogP contribution in [0.25, 0.3) is 0 Å². The zero-order valence-corrected chi connectivity index (χ0v) is 11.8. The molecule has 19 heavy (non-hydrogen) atoms. The topological polar surface area (TPSA) is 62.2 Å². The Bertz CT molecular complexity index is 448. The molecular weight excluding hydrogens is 240 g/mol. The van der Waals surface area contributed by atoms with E-state index in [9.17, 15) is 9.90 Å². The molecule has 2 atom stereocenters. The van der Waals surface area contributed by atoms with Crippen LogP contribution in [-0.2, 0) is 5.41 Å². The van der Waals surface area contributed by atoms with Crippen LogP contribution in [0, 0.1) is 0 Å². The summed E-state index contributed by atoms with van der Waals surface area (Å²) in [6.07, 6.45) is 3.62. The van der Waals surface area contributed by atoms with E-state index in [2.05, 4.69) is 31.1 Å². The van der Waals surface area contributed by atoms with E-state index in [1.165, 1.54) is 0 Å². The van der Waals surface area contributed by atoms with E-state index < -0.39 is 0 Å². The Hall–Kier alpha value is -1.42. The van der Waals surface area contributed by atoms with Crippen LogP contribution in [0.15, 0.2) is 18.3 Å². The fourth-order valence-corrected chi connectivity index (χ4v) is 2.33. The minimum absolute atomic E-state index is 0.00936. The lowest BCUT2D eigenvalue weighted by atomic mass is 9.91. The van der Waals surface area contributed by atoms with Gasteiger partial charge in [0.25, 0.3) is 5.91 Å². The van der Waals surface area contributed by atoms with Crippen LogP contribution >= 0.6 is 0 Å². The van der Waals surface area contributed by atoms with Gasteiger partial charge in [-0.15, -0.1) is 0 Å². The van der Waals surface area contributed by atoms with E-state index in [-0.39, 0.29) is 23.5 Å². The summed E-state index contributed by atoms with van der Waals surface area (Å²) in [5.74, 6) is -0.105. The third-order valence-electron chi connectivity index (χ3n) is 3.53. The lowest BCUT2D eigenvalue weighted by Gasteiger charge is -2.18. The van der Waals surface area contributed by atoms with E-state index in [0.29, 0.717) is 12.0 Å². The third kappa shape index (κ3) is 3.53. The van der Waals surface area contributed by atoms with Crippen molar-refractivity contribution in [1.29, 1.82) is 0 Å². The van der Waals surface area contributed by atoms with Crippen LogP contribution in [0.3, 0.4) is 0 Å². The Labute approximate surface area is 114 Å². The van der Waals surface area contributed by atoms with Crippen molar-refractivity contribution in [1.82, 2.24) is 10.3 Å². The van der Waals surface area contributed by atoms with Gasteiger partial charge in [0.1, 0.15) is 0 Å². The van der Waals surface area contributed by atoms with Gasteiger partial charge in [0, 0.05) is 23.3 Å². The molecule has 4 nitrogen and oxygen atoms in total. The highest BCUT2D eigenvalue weighted by Crippen LogP contribution is 2.21. The monoisotopic (exact) mass is 262 g/mol. The van der Waals surface area contributed by atoms with Crippen molar-refractivity contribution in [2.24, 2.45) is 0 Å². The van der Waals surface area contributed by atoms with Crippen molar-refractivity contribution >= 4 is 5.91 Å². The van der Waals surface area contributed by atoms with Crippen molar-refractivity contribution in [2.45, 2.75) is 57.6 Å². The second-order valence-electron chi connectivity index (χ2n) is 6.32. The van der Waals surface area contributed by atoms with Gasteiger partial charge >= 0.3 is 0 Å². The lowest BCUT2D eigenvalue weighted by Crippen LogP contribution is -2.33. The van der Waals surface area contributed by atoms with E-state index >= 15 is 0 Å². The van der Waals surface area contributed by atoms with Crippen molar-refractivity contribution < 1.29 is 9.90 Å². The molecule has 2 unspecified atom stereocenters. The predicted molar refractivity (Wildman–Crippen MR) is 74.0 cm³/mol. The number of amides is 1. The third-order valence-corrected chi connectivity index (χ3v) is 3.53. The molecule has 1 aliphatic rings. The quantitative estimate of drug-likeness (QED) is 0.857. The number of hydrogen-bond acceptors (Lipinski definition) is 3. The molecule has 1 aromatic rings. The average molecular weight is 262 g/mol. The number of carbonyl (C=O) groups is 1. The van der Waals surface area contributed by atoms with Crippen molar-refractivity contribution in [3.8, 4) is 0 Å². The van der Waals surface area contributed by atoms with E-state index in [1.807, 2.05) is 12.1 Å². The molecule has 1 aromatic heterocycles. The molecule has 1 fully saturated rings. The number of nitrogens with zero attached hydrogens (tertiary/aromatic N) is 1. The summed E-state index contributed by atoms with van der Waals surface area (Å²) in [6.45, 7) is 6.28. The number of aliphatic hydroxyl groups excluding tert-OH is 1. The highest BCUT2D eigenvalue weighted by molar-refractivity contribution is 5.94.